The summed E-state index contributed by atoms with van der Waals surface area (Å²) in [5.41, 5.74) is 0. The molecule has 0 aromatic heterocycles. The Kier molecular flexibility index (Phi) is 3.79. The van der Waals surface area contributed by atoms with Gasteiger partial charge in [0.2, 0.25) is 0 Å². The van der Waals surface area contributed by atoms with Crippen LogP contribution in [0.2, 0.25) is 0 Å². The van der Waals surface area contributed by atoms with E-state index in [1.165, 1.54) is 39.0 Å². The molecule has 0 aromatic carbocycles. The van der Waals surface area contributed by atoms with Crippen molar-refractivity contribution in [3.05, 3.63) is 0 Å². The first-order valence-corrected chi connectivity index (χ1v) is 5.89. The van der Waals surface area contributed by atoms with E-state index in [0.717, 1.165) is 19.1 Å². The Balaban J connectivity index is 1.77. The molecule has 14 heavy (non-hydrogen) atoms. The summed E-state index contributed by atoms with van der Waals surface area (Å²) in [6.07, 6.45) is 2.97. The highest BCUT2D eigenvalue weighted by molar-refractivity contribution is 4.76. The van der Waals surface area contributed by atoms with E-state index in [1.54, 1.807) is 0 Å². The monoisotopic (exact) mass is 198 g/mol. The van der Waals surface area contributed by atoms with E-state index in [1.807, 2.05) is 0 Å². The minimum absolute atomic E-state index is 0.423. The van der Waals surface area contributed by atoms with Gasteiger partial charge in [-0.3, -0.25) is 0 Å². The van der Waals surface area contributed by atoms with Gasteiger partial charge < -0.3 is 15.0 Å². The molecule has 2 rings (SSSR count). The fraction of sp³-hybridized carbons (Fsp3) is 1.00. The third-order valence-electron chi connectivity index (χ3n) is 3.22. The number of nitrogens with zero attached hydrogens (tertiary/aromatic N) is 1. The van der Waals surface area contributed by atoms with Gasteiger partial charge in [-0.05, 0) is 38.8 Å². The van der Waals surface area contributed by atoms with Gasteiger partial charge in [0.15, 0.2) is 0 Å². The van der Waals surface area contributed by atoms with Crippen LogP contribution in [-0.4, -0.2) is 50.3 Å². The summed E-state index contributed by atoms with van der Waals surface area (Å²) in [5, 5.41) is 3.43. The highest BCUT2D eigenvalue weighted by atomic mass is 16.5. The van der Waals surface area contributed by atoms with E-state index in [-0.39, 0.29) is 0 Å². The zero-order valence-corrected chi connectivity index (χ0v) is 9.17. The molecular weight excluding hydrogens is 176 g/mol. The van der Waals surface area contributed by atoms with E-state index in [0.29, 0.717) is 6.10 Å². The summed E-state index contributed by atoms with van der Waals surface area (Å²) < 4.78 is 5.64. The molecule has 2 atom stereocenters. The van der Waals surface area contributed by atoms with Crippen LogP contribution in [0.5, 0.6) is 0 Å². The Morgan fingerprint density at radius 1 is 1.50 bits per heavy atom. The van der Waals surface area contributed by atoms with E-state index in [9.17, 15) is 0 Å². The van der Waals surface area contributed by atoms with Crippen molar-refractivity contribution in [3.8, 4) is 0 Å². The lowest BCUT2D eigenvalue weighted by atomic mass is 10.1. The van der Waals surface area contributed by atoms with Crippen LogP contribution in [0.3, 0.4) is 0 Å². The second-order valence-corrected chi connectivity index (χ2v) is 4.65. The number of ether oxygens (including phenoxy) is 1. The molecule has 2 aliphatic rings. The summed E-state index contributed by atoms with van der Waals surface area (Å²) in [7, 11) is 0. The predicted octanol–water partition coefficient (Wildman–Crippen LogP) is 0.707. The van der Waals surface area contributed by atoms with Gasteiger partial charge in [-0.25, -0.2) is 0 Å². The molecule has 0 aliphatic carbocycles. The zero-order valence-electron chi connectivity index (χ0n) is 9.17. The molecule has 82 valence electrons. The maximum absolute atomic E-state index is 5.64. The molecule has 2 saturated heterocycles. The first-order chi connectivity index (χ1) is 6.84. The minimum atomic E-state index is 0.423. The second-order valence-electron chi connectivity index (χ2n) is 4.65. The topological polar surface area (TPSA) is 24.5 Å². The van der Waals surface area contributed by atoms with Gasteiger partial charge in [-0.1, -0.05) is 0 Å². The molecule has 2 unspecified atom stereocenters. The molecule has 0 bridgehead atoms. The van der Waals surface area contributed by atoms with E-state index in [2.05, 4.69) is 17.1 Å². The Morgan fingerprint density at radius 2 is 2.43 bits per heavy atom. The summed E-state index contributed by atoms with van der Waals surface area (Å²) in [6.45, 7) is 9.17. The Hall–Kier alpha value is -0.120. The third kappa shape index (κ3) is 2.94. The largest absolute Gasteiger partial charge is 0.377 e. The fourth-order valence-electron chi connectivity index (χ4n) is 2.48. The van der Waals surface area contributed by atoms with Gasteiger partial charge in [-0.15, -0.1) is 0 Å². The normalized spacial score (nSPS) is 35.8. The molecular formula is C11H22N2O. The van der Waals surface area contributed by atoms with Gasteiger partial charge in [0.25, 0.3) is 0 Å². The van der Waals surface area contributed by atoms with Crippen LogP contribution in [0.25, 0.3) is 0 Å². The van der Waals surface area contributed by atoms with Gasteiger partial charge in [0, 0.05) is 26.2 Å². The lowest BCUT2D eigenvalue weighted by Gasteiger charge is -2.24. The van der Waals surface area contributed by atoms with Crippen molar-refractivity contribution in [1.29, 1.82) is 0 Å². The molecule has 2 fully saturated rings. The molecule has 0 saturated carbocycles. The number of hydrogen-bond acceptors (Lipinski definition) is 3. The van der Waals surface area contributed by atoms with Crippen LogP contribution in [0.15, 0.2) is 0 Å². The van der Waals surface area contributed by atoms with Crippen LogP contribution in [0.4, 0.5) is 0 Å². The molecule has 0 aromatic rings. The van der Waals surface area contributed by atoms with Crippen molar-refractivity contribution >= 4 is 0 Å². The molecule has 3 nitrogen and oxygen atoms in total. The average molecular weight is 198 g/mol. The van der Waals surface area contributed by atoms with E-state index in [4.69, 9.17) is 4.74 Å². The predicted molar refractivity (Wildman–Crippen MR) is 57.4 cm³/mol. The lowest BCUT2D eigenvalue weighted by Crippen LogP contribution is -2.35. The average Bonchev–Trinajstić information content (AvgIpc) is 2.56. The van der Waals surface area contributed by atoms with Crippen molar-refractivity contribution in [3.63, 3.8) is 0 Å². The first kappa shape index (κ1) is 10.4. The molecule has 0 amide bonds. The second kappa shape index (κ2) is 5.10. The highest BCUT2D eigenvalue weighted by Gasteiger charge is 2.20. The van der Waals surface area contributed by atoms with Crippen LogP contribution < -0.4 is 5.32 Å². The van der Waals surface area contributed by atoms with Gasteiger partial charge in [0.05, 0.1) is 6.10 Å². The summed E-state index contributed by atoms with van der Waals surface area (Å²) in [6, 6.07) is 0. The van der Waals surface area contributed by atoms with E-state index < -0.39 is 0 Å². The smallest absolute Gasteiger partial charge is 0.0673 e. The molecule has 2 aliphatic heterocycles. The Labute approximate surface area is 86.8 Å². The molecule has 0 spiro atoms. The summed E-state index contributed by atoms with van der Waals surface area (Å²) in [4.78, 5) is 2.58. The van der Waals surface area contributed by atoms with Crippen LogP contribution in [-0.2, 0) is 4.74 Å². The lowest BCUT2D eigenvalue weighted by molar-refractivity contribution is 0.0659. The molecule has 2 heterocycles. The van der Waals surface area contributed by atoms with Gasteiger partial charge in [0.1, 0.15) is 0 Å². The highest BCUT2D eigenvalue weighted by Crippen LogP contribution is 2.12. The van der Waals surface area contributed by atoms with Crippen molar-refractivity contribution < 1.29 is 4.74 Å². The fourth-order valence-corrected chi connectivity index (χ4v) is 2.48. The standard InChI is InChI=1S/C11H22N2O/c1-10-8-13(5-2-6-14-10)9-11-3-4-12-7-11/h10-12H,2-9H2,1H3. The summed E-state index contributed by atoms with van der Waals surface area (Å²) in [5.74, 6) is 0.875. The number of nitrogens with one attached hydrogen (secondary N) is 1. The number of hydrogen-bond donors (Lipinski definition) is 1. The van der Waals surface area contributed by atoms with Crippen molar-refractivity contribution in [2.45, 2.75) is 25.9 Å². The van der Waals surface area contributed by atoms with Crippen LogP contribution >= 0.6 is 0 Å². The third-order valence-corrected chi connectivity index (χ3v) is 3.22. The van der Waals surface area contributed by atoms with Crippen molar-refractivity contribution in [2.75, 3.05) is 39.3 Å². The quantitative estimate of drug-likeness (QED) is 0.707. The first-order valence-electron chi connectivity index (χ1n) is 5.89. The van der Waals surface area contributed by atoms with Crippen molar-refractivity contribution in [2.24, 2.45) is 5.92 Å². The van der Waals surface area contributed by atoms with Gasteiger partial charge >= 0.3 is 0 Å². The maximum atomic E-state index is 5.64. The van der Waals surface area contributed by atoms with Gasteiger partial charge in [-0.2, -0.15) is 0 Å². The Bertz CT molecular complexity index is 169. The molecule has 3 heteroatoms. The summed E-state index contributed by atoms with van der Waals surface area (Å²) >= 11 is 0. The SMILES string of the molecule is CC1CN(CC2CCNC2)CCCO1. The minimum Gasteiger partial charge on any atom is -0.377 e. The van der Waals surface area contributed by atoms with Crippen LogP contribution in [0, 0.1) is 5.92 Å². The number of rotatable bonds is 2. The van der Waals surface area contributed by atoms with Crippen LogP contribution in [0.1, 0.15) is 19.8 Å². The van der Waals surface area contributed by atoms with E-state index >= 15 is 0 Å². The molecule has 0 radical (unpaired) electrons. The Morgan fingerprint density at radius 3 is 3.21 bits per heavy atom. The molecule has 1 N–H and O–H groups in total. The zero-order chi connectivity index (χ0) is 9.80. The van der Waals surface area contributed by atoms with Crippen molar-refractivity contribution in [1.82, 2.24) is 10.2 Å². The maximum Gasteiger partial charge on any atom is 0.0673 e.